The molecule has 0 fully saturated rings. The van der Waals surface area contributed by atoms with Gasteiger partial charge in [-0.25, -0.2) is 9.82 Å². The van der Waals surface area contributed by atoms with Crippen LogP contribution in [0, 0.1) is 19.7 Å². The molecule has 4 heteroatoms. The van der Waals surface area contributed by atoms with E-state index in [-0.39, 0.29) is 11.9 Å². The van der Waals surface area contributed by atoms with Crippen molar-refractivity contribution in [2.24, 2.45) is 5.84 Å². The third-order valence-electron chi connectivity index (χ3n) is 3.49. The average molecular weight is 274 g/mol. The third-order valence-corrected chi connectivity index (χ3v) is 3.49. The summed E-state index contributed by atoms with van der Waals surface area (Å²) in [6.07, 6.45) is 0. The third kappa shape index (κ3) is 2.66. The molecule has 3 N–H and O–H groups in total. The van der Waals surface area contributed by atoms with Crippen molar-refractivity contribution in [3.8, 4) is 5.75 Å². The van der Waals surface area contributed by atoms with E-state index in [2.05, 4.69) is 5.43 Å². The van der Waals surface area contributed by atoms with Gasteiger partial charge in [-0.2, -0.15) is 0 Å². The molecule has 0 amide bonds. The highest BCUT2D eigenvalue weighted by Gasteiger charge is 2.19. The minimum atomic E-state index is -0.388. The molecule has 0 spiro atoms. The molecule has 0 aliphatic heterocycles. The van der Waals surface area contributed by atoms with E-state index in [4.69, 9.17) is 10.6 Å². The molecule has 0 aliphatic rings. The van der Waals surface area contributed by atoms with Gasteiger partial charge in [-0.3, -0.25) is 5.84 Å². The topological polar surface area (TPSA) is 47.3 Å². The molecule has 20 heavy (non-hydrogen) atoms. The van der Waals surface area contributed by atoms with E-state index in [1.165, 1.54) is 0 Å². The fraction of sp³-hybridized carbons (Fsp3) is 0.250. The number of nitrogens with two attached hydrogens (primary N) is 1. The van der Waals surface area contributed by atoms with Crippen molar-refractivity contribution < 1.29 is 9.13 Å². The number of ether oxygens (including phenoxy) is 1. The zero-order valence-corrected chi connectivity index (χ0v) is 11.9. The van der Waals surface area contributed by atoms with Gasteiger partial charge in [-0.05, 0) is 42.7 Å². The summed E-state index contributed by atoms with van der Waals surface area (Å²) in [5.74, 6) is 6.19. The Morgan fingerprint density at radius 2 is 1.85 bits per heavy atom. The van der Waals surface area contributed by atoms with Crippen molar-refractivity contribution in [1.82, 2.24) is 5.43 Å². The van der Waals surface area contributed by atoms with E-state index in [9.17, 15) is 4.39 Å². The van der Waals surface area contributed by atoms with Crippen LogP contribution in [0.2, 0.25) is 0 Å². The molecule has 0 saturated carbocycles. The molecule has 3 nitrogen and oxygen atoms in total. The van der Waals surface area contributed by atoms with Gasteiger partial charge in [0.05, 0.1) is 13.2 Å². The van der Waals surface area contributed by atoms with Gasteiger partial charge in [0.25, 0.3) is 0 Å². The number of aryl methyl sites for hydroxylation is 2. The van der Waals surface area contributed by atoms with Crippen molar-refractivity contribution in [3.63, 3.8) is 0 Å². The van der Waals surface area contributed by atoms with Crippen LogP contribution in [0.25, 0.3) is 0 Å². The van der Waals surface area contributed by atoms with E-state index < -0.39 is 0 Å². The van der Waals surface area contributed by atoms with Gasteiger partial charge < -0.3 is 4.74 Å². The SMILES string of the molecule is COc1ccc(C(NN)c2cccc(C)c2F)c(C)c1. The molecule has 2 aromatic rings. The maximum Gasteiger partial charge on any atom is 0.131 e. The standard InChI is InChI=1S/C16H19FN2O/c1-10-5-4-6-14(15(10)17)16(19-18)13-8-7-12(20-3)9-11(13)2/h4-9,16,19H,18H2,1-3H3. The van der Waals surface area contributed by atoms with Gasteiger partial charge in [0, 0.05) is 5.56 Å². The van der Waals surface area contributed by atoms with Gasteiger partial charge in [0.2, 0.25) is 0 Å². The highest BCUT2D eigenvalue weighted by Crippen LogP contribution is 2.29. The molecule has 0 radical (unpaired) electrons. The lowest BCUT2D eigenvalue weighted by Gasteiger charge is -2.20. The molecular weight excluding hydrogens is 255 g/mol. The minimum absolute atomic E-state index is 0.231. The fourth-order valence-electron chi connectivity index (χ4n) is 2.34. The van der Waals surface area contributed by atoms with Gasteiger partial charge in [0.1, 0.15) is 11.6 Å². The number of methoxy groups -OCH3 is 1. The molecule has 0 heterocycles. The quantitative estimate of drug-likeness (QED) is 0.665. The van der Waals surface area contributed by atoms with E-state index in [1.807, 2.05) is 31.2 Å². The van der Waals surface area contributed by atoms with Crippen molar-refractivity contribution in [2.45, 2.75) is 19.9 Å². The van der Waals surface area contributed by atoms with Crippen LogP contribution in [0.1, 0.15) is 28.3 Å². The summed E-state index contributed by atoms with van der Waals surface area (Å²) in [4.78, 5) is 0. The molecule has 1 unspecified atom stereocenters. The molecular formula is C16H19FN2O. The lowest BCUT2D eigenvalue weighted by atomic mass is 9.94. The first kappa shape index (κ1) is 14.5. The van der Waals surface area contributed by atoms with E-state index in [0.717, 1.165) is 16.9 Å². The largest absolute Gasteiger partial charge is 0.497 e. The maximum atomic E-state index is 14.3. The number of hydrogen-bond donors (Lipinski definition) is 2. The number of nitrogens with one attached hydrogen (secondary N) is 1. The molecule has 2 rings (SSSR count). The summed E-state index contributed by atoms with van der Waals surface area (Å²) in [7, 11) is 1.62. The predicted molar refractivity (Wildman–Crippen MR) is 78.0 cm³/mol. The highest BCUT2D eigenvalue weighted by molar-refractivity contribution is 5.42. The Bertz CT molecular complexity index is 613. The van der Waals surface area contributed by atoms with Crippen LogP contribution in [0.5, 0.6) is 5.75 Å². The summed E-state index contributed by atoms with van der Waals surface area (Å²) >= 11 is 0. The van der Waals surface area contributed by atoms with Crippen molar-refractivity contribution in [1.29, 1.82) is 0 Å². The van der Waals surface area contributed by atoms with Crippen molar-refractivity contribution >= 4 is 0 Å². The highest BCUT2D eigenvalue weighted by atomic mass is 19.1. The molecule has 0 aromatic heterocycles. The first-order chi connectivity index (χ1) is 9.58. The smallest absolute Gasteiger partial charge is 0.131 e. The predicted octanol–water partition coefficient (Wildman–Crippen LogP) is 3.00. The summed E-state index contributed by atoms with van der Waals surface area (Å²) < 4.78 is 19.5. The molecule has 106 valence electrons. The second-order valence-corrected chi connectivity index (χ2v) is 4.80. The number of rotatable bonds is 4. The van der Waals surface area contributed by atoms with Crippen LogP contribution in [0.4, 0.5) is 4.39 Å². The fourth-order valence-corrected chi connectivity index (χ4v) is 2.34. The molecule has 1 atom stereocenters. The zero-order chi connectivity index (χ0) is 14.7. The van der Waals surface area contributed by atoms with Crippen LogP contribution in [0.3, 0.4) is 0 Å². The minimum Gasteiger partial charge on any atom is -0.497 e. The Labute approximate surface area is 118 Å². The summed E-state index contributed by atoms with van der Waals surface area (Å²) in [6, 6.07) is 10.6. The number of hydrazine groups is 1. The monoisotopic (exact) mass is 274 g/mol. The zero-order valence-electron chi connectivity index (χ0n) is 11.9. The average Bonchev–Trinajstić information content (AvgIpc) is 2.45. The van der Waals surface area contributed by atoms with Crippen LogP contribution >= 0.6 is 0 Å². The van der Waals surface area contributed by atoms with Gasteiger partial charge in [-0.15, -0.1) is 0 Å². The molecule has 0 saturated heterocycles. The second-order valence-electron chi connectivity index (χ2n) is 4.80. The van der Waals surface area contributed by atoms with Crippen molar-refractivity contribution in [3.05, 3.63) is 64.5 Å². The van der Waals surface area contributed by atoms with Gasteiger partial charge >= 0.3 is 0 Å². The number of halogens is 1. The van der Waals surface area contributed by atoms with E-state index in [0.29, 0.717) is 11.1 Å². The molecule has 2 aromatic carbocycles. The summed E-state index contributed by atoms with van der Waals surface area (Å²) in [6.45, 7) is 3.70. The Morgan fingerprint density at radius 1 is 1.10 bits per heavy atom. The molecule has 0 aliphatic carbocycles. The van der Waals surface area contributed by atoms with Gasteiger partial charge in [-0.1, -0.05) is 24.3 Å². The lowest BCUT2D eigenvalue weighted by molar-refractivity contribution is 0.414. The first-order valence-corrected chi connectivity index (χ1v) is 6.44. The Hall–Kier alpha value is -1.91. The Morgan fingerprint density at radius 3 is 2.45 bits per heavy atom. The van der Waals surface area contributed by atoms with Crippen LogP contribution in [-0.2, 0) is 0 Å². The normalized spacial score (nSPS) is 12.2. The molecule has 0 bridgehead atoms. The Kier molecular flexibility index (Phi) is 4.37. The Balaban J connectivity index is 2.50. The van der Waals surface area contributed by atoms with Crippen LogP contribution < -0.4 is 16.0 Å². The van der Waals surface area contributed by atoms with E-state index >= 15 is 0 Å². The second kappa shape index (κ2) is 6.03. The summed E-state index contributed by atoms with van der Waals surface area (Å²) in [5, 5.41) is 0. The maximum absolute atomic E-state index is 14.3. The van der Waals surface area contributed by atoms with Crippen LogP contribution in [-0.4, -0.2) is 7.11 Å². The summed E-state index contributed by atoms with van der Waals surface area (Å²) in [5.41, 5.74) is 5.77. The first-order valence-electron chi connectivity index (χ1n) is 6.44. The van der Waals surface area contributed by atoms with Crippen molar-refractivity contribution in [2.75, 3.05) is 7.11 Å². The van der Waals surface area contributed by atoms with Gasteiger partial charge in [0.15, 0.2) is 0 Å². The lowest BCUT2D eigenvalue weighted by Crippen LogP contribution is -2.30. The van der Waals surface area contributed by atoms with E-state index in [1.54, 1.807) is 26.2 Å². The number of benzene rings is 2. The van der Waals surface area contributed by atoms with Crippen LogP contribution in [0.15, 0.2) is 36.4 Å². The number of hydrogen-bond acceptors (Lipinski definition) is 3.